The summed E-state index contributed by atoms with van der Waals surface area (Å²) in [6.45, 7) is 7.26. The minimum atomic E-state index is -0.0675. The Kier molecular flexibility index (Phi) is 5.77. The van der Waals surface area contributed by atoms with Crippen LogP contribution in [-0.2, 0) is 22.7 Å². The van der Waals surface area contributed by atoms with Gasteiger partial charge in [0.05, 0.1) is 6.61 Å². The van der Waals surface area contributed by atoms with Gasteiger partial charge >= 0.3 is 0 Å². The molecule has 19 heavy (non-hydrogen) atoms. The maximum atomic E-state index is 11.7. The van der Waals surface area contributed by atoms with Crippen LogP contribution in [0.2, 0.25) is 0 Å². The number of carbonyl (C=O) groups excluding carboxylic acids is 1. The first-order valence-corrected chi connectivity index (χ1v) is 6.45. The van der Waals surface area contributed by atoms with Gasteiger partial charge in [0, 0.05) is 13.7 Å². The van der Waals surface area contributed by atoms with Crippen LogP contribution >= 0.6 is 0 Å². The summed E-state index contributed by atoms with van der Waals surface area (Å²) in [5.41, 5.74) is 2.21. The first-order chi connectivity index (χ1) is 8.92. The molecule has 3 heteroatoms. The van der Waals surface area contributed by atoms with Gasteiger partial charge in [0.15, 0.2) is 0 Å². The smallest absolute Gasteiger partial charge is 0.243 e. The minimum Gasteiger partial charge on any atom is -0.380 e. The molecule has 104 valence electrons. The lowest BCUT2D eigenvalue weighted by Crippen LogP contribution is -2.21. The van der Waals surface area contributed by atoms with Crippen LogP contribution in [-0.4, -0.2) is 13.0 Å². The van der Waals surface area contributed by atoms with E-state index in [9.17, 15) is 4.79 Å². The van der Waals surface area contributed by atoms with Crippen LogP contribution in [0.25, 0.3) is 0 Å². The Labute approximate surface area is 115 Å². The van der Waals surface area contributed by atoms with Gasteiger partial charge < -0.3 is 10.1 Å². The first-order valence-electron chi connectivity index (χ1n) is 6.45. The van der Waals surface area contributed by atoms with Gasteiger partial charge in [-0.2, -0.15) is 0 Å². The summed E-state index contributed by atoms with van der Waals surface area (Å²) in [4.78, 5) is 11.7. The molecule has 0 aliphatic heterocycles. The molecule has 0 bridgehead atoms. The second-order valence-corrected chi connectivity index (χ2v) is 5.62. The first kappa shape index (κ1) is 15.4. The van der Waals surface area contributed by atoms with Crippen molar-refractivity contribution in [2.45, 2.75) is 33.9 Å². The SMILES string of the molecule is COCc1ccccc1CNC(=O)/C=C\C(C)(C)C. The Morgan fingerprint density at radius 2 is 1.89 bits per heavy atom. The minimum absolute atomic E-state index is 0.0191. The van der Waals surface area contributed by atoms with Crippen molar-refractivity contribution in [1.82, 2.24) is 5.32 Å². The molecule has 1 rings (SSSR count). The summed E-state index contributed by atoms with van der Waals surface area (Å²) < 4.78 is 5.14. The Morgan fingerprint density at radius 3 is 2.47 bits per heavy atom. The van der Waals surface area contributed by atoms with Gasteiger partial charge in [0.1, 0.15) is 0 Å². The van der Waals surface area contributed by atoms with Gasteiger partial charge in [0.2, 0.25) is 5.91 Å². The predicted octanol–water partition coefficient (Wildman–Crippen LogP) is 3.05. The van der Waals surface area contributed by atoms with E-state index in [2.05, 4.69) is 26.1 Å². The fourth-order valence-corrected chi connectivity index (χ4v) is 1.59. The summed E-state index contributed by atoms with van der Waals surface area (Å²) in [5.74, 6) is -0.0675. The van der Waals surface area contributed by atoms with Crippen molar-refractivity contribution < 1.29 is 9.53 Å². The van der Waals surface area contributed by atoms with Gasteiger partial charge in [-0.15, -0.1) is 0 Å². The average molecular weight is 261 g/mol. The van der Waals surface area contributed by atoms with Gasteiger partial charge in [-0.25, -0.2) is 0 Å². The van der Waals surface area contributed by atoms with Crippen molar-refractivity contribution >= 4 is 5.91 Å². The Morgan fingerprint density at radius 1 is 1.26 bits per heavy atom. The maximum absolute atomic E-state index is 11.7. The Balaban J connectivity index is 2.57. The summed E-state index contributed by atoms with van der Waals surface area (Å²) >= 11 is 0. The third-order valence-electron chi connectivity index (χ3n) is 2.61. The zero-order chi connectivity index (χ0) is 14.3. The van der Waals surface area contributed by atoms with E-state index in [-0.39, 0.29) is 11.3 Å². The molecule has 0 aliphatic carbocycles. The van der Waals surface area contributed by atoms with Gasteiger partial charge in [-0.3, -0.25) is 4.79 Å². The third kappa shape index (κ3) is 6.20. The van der Waals surface area contributed by atoms with Crippen LogP contribution in [0.4, 0.5) is 0 Å². The molecule has 0 aromatic heterocycles. The molecule has 1 aromatic carbocycles. The van der Waals surface area contributed by atoms with E-state index >= 15 is 0 Å². The molecule has 0 fully saturated rings. The summed E-state index contributed by atoms with van der Waals surface area (Å²) in [5, 5.41) is 2.89. The van der Waals surface area contributed by atoms with Gasteiger partial charge in [0.25, 0.3) is 0 Å². The number of hydrogen-bond acceptors (Lipinski definition) is 2. The lowest BCUT2D eigenvalue weighted by atomic mass is 9.96. The molecule has 1 aromatic rings. The zero-order valence-electron chi connectivity index (χ0n) is 12.2. The van der Waals surface area contributed by atoms with Gasteiger partial charge in [-0.05, 0) is 22.6 Å². The molecule has 3 nitrogen and oxygen atoms in total. The molecule has 0 saturated heterocycles. The second-order valence-electron chi connectivity index (χ2n) is 5.62. The van der Waals surface area contributed by atoms with E-state index in [1.807, 2.05) is 30.3 Å². The molecule has 0 spiro atoms. The van der Waals surface area contributed by atoms with Crippen LogP contribution in [0.5, 0.6) is 0 Å². The average Bonchev–Trinajstić information content (AvgIpc) is 2.35. The molecule has 1 amide bonds. The van der Waals surface area contributed by atoms with Crippen molar-refractivity contribution in [1.29, 1.82) is 0 Å². The molecule has 0 heterocycles. The number of rotatable bonds is 5. The lowest BCUT2D eigenvalue weighted by molar-refractivity contribution is -0.116. The number of ether oxygens (including phenoxy) is 1. The van der Waals surface area contributed by atoms with Crippen LogP contribution in [0.3, 0.4) is 0 Å². The normalized spacial score (nSPS) is 11.8. The van der Waals surface area contributed by atoms with Crippen molar-refractivity contribution in [3.8, 4) is 0 Å². The van der Waals surface area contributed by atoms with E-state index < -0.39 is 0 Å². The summed E-state index contributed by atoms with van der Waals surface area (Å²) in [7, 11) is 1.67. The number of carbonyl (C=O) groups is 1. The van der Waals surface area contributed by atoms with E-state index in [4.69, 9.17) is 4.74 Å². The van der Waals surface area contributed by atoms with E-state index in [0.717, 1.165) is 11.1 Å². The molecule has 0 unspecified atom stereocenters. The highest BCUT2D eigenvalue weighted by Gasteiger charge is 2.06. The van der Waals surface area contributed by atoms with Crippen LogP contribution in [0.15, 0.2) is 36.4 Å². The molecule has 0 saturated carbocycles. The topological polar surface area (TPSA) is 38.3 Å². The highest BCUT2D eigenvalue weighted by Crippen LogP contribution is 2.14. The number of allylic oxidation sites excluding steroid dienone is 1. The Hall–Kier alpha value is -1.61. The quantitative estimate of drug-likeness (QED) is 0.827. The third-order valence-corrected chi connectivity index (χ3v) is 2.61. The molecule has 0 atom stereocenters. The number of methoxy groups -OCH3 is 1. The van der Waals surface area contributed by atoms with Crippen molar-refractivity contribution in [3.63, 3.8) is 0 Å². The monoisotopic (exact) mass is 261 g/mol. The predicted molar refractivity (Wildman–Crippen MR) is 77.6 cm³/mol. The van der Waals surface area contributed by atoms with E-state index in [1.54, 1.807) is 13.2 Å². The zero-order valence-corrected chi connectivity index (χ0v) is 12.2. The Bertz CT molecular complexity index is 444. The lowest BCUT2D eigenvalue weighted by Gasteiger charge is -2.11. The number of benzene rings is 1. The largest absolute Gasteiger partial charge is 0.380 e. The molecule has 1 N–H and O–H groups in total. The molecular formula is C16H23NO2. The highest BCUT2D eigenvalue weighted by molar-refractivity contribution is 5.87. The van der Waals surface area contributed by atoms with E-state index in [1.165, 1.54) is 0 Å². The molecule has 0 aliphatic rings. The van der Waals surface area contributed by atoms with Gasteiger partial charge in [-0.1, -0.05) is 51.1 Å². The van der Waals surface area contributed by atoms with Crippen molar-refractivity contribution in [2.75, 3.05) is 7.11 Å². The fraction of sp³-hybridized carbons (Fsp3) is 0.438. The summed E-state index contributed by atoms with van der Waals surface area (Å²) in [6.07, 6.45) is 3.50. The molecular weight excluding hydrogens is 238 g/mol. The maximum Gasteiger partial charge on any atom is 0.243 e. The standard InChI is InChI=1S/C16H23NO2/c1-16(2,3)10-9-15(18)17-11-13-7-5-6-8-14(13)12-19-4/h5-10H,11-12H2,1-4H3,(H,17,18)/b10-9-. The number of nitrogens with one attached hydrogen (secondary N) is 1. The number of amides is 1. The second kappa shape index (κ2) is 7.10. The van der Waals surface area contributed by atoms with Crippen molar-refractivity contribution in [2.24, 2.45) is 5.41 Å². The van der Waals surface area contributed by atoms with Crippen LogP contribution in [0, 0.1) is 5.41 Å². The van der Waals surface area contributed by atoms with Crippen LogP contribution < -0.4 is 5.32 Å². The molecule has 0 radical (unpaired) electrons. The number of hydrogen-bond donors (Lipinski definition) is 1. The van der Waals surface area contributed by atoms with Crippen LogP contribution in [0.1, 0.15) is 31.9 Å². The highest BCUT2D eigenvalue weighted by atomic mass is 16.5. The fourth-order valence-electron chi connectivity index (χ4n) is 1.59. The summed E-state index contributed by atoms with van der Waals surface area (Å²) in [6, 6.07) is 7.95. The van der Waals surface area contributed by atoms with Crippen molar-refractivity contribution in [3.05, 3.63) is 47.5 Å². The van der Waals surface area contributed by atoms with E-state index in [0.29, 0.717) is 13.2 Å².